The third-order valence-corrected chi connectivity index (χ3v) is 5.65. The van der Waals surface area contributed by atoms with Gasteiger partial charge in [0.1, 0.15) is 5.75 Å². The molecule has 5 nitrogen and oxygen atoms in total. The number of hydrogen-bond acceptors (Lipinski definition) is 4. The molecule has 0 aliphatic heterocycles. The number of carbonyl (C=O) groups excluding carboxylic acids is 1. The number of aliphatic hydroxyl groups is 1. The Morgan fingerprint density at radius 1 is 1.25 bits per heavy atom. The lowest BCUT2D eigenvalue weighted by Crippen LogP contribution is -2.39. The number of fused-ring (bicyclic) bond motifs is 1. The Kier molecular flexibility index (Phi) is 5.41. The monoisotopic (exact) mass is 332 g/mol. The second-order valence-corrected chi connectivity index (χ2v) is 7.27. The summed E-state index contributed by atoms with van der Waals surface area (Å²) in [4.78, 5) is 14.4. The quantitative estimate of drug-likeness (QED) is 0.834. The molecule has 2 aliphatic rings. The van der Waals surface area contributed by atoms with E-state index in [9.17, 15) is 9.90 Å². The van der Waals surface area contributed by atoms with Crippen molar-refractivity contribution in [2.24, 2.45) is 11.8 Å². The Morgan fingerprint density at radius 2 is 1.92 bits per heavy atom. The number of aliphatic hydroxyl groups excluding tert-OH is 1. The largest absolute Gasteiger partial charge is 0.496 e. The molecule has 0 radical (unpaired) electrons. The molecule has 3 rings (SSSR count). The lowest BCUT2D eigenvalue weighted by molar-refractivity contribution is -0.122. The van der Waals surface area contributed by atoms with Crippen LogP contribution in [0.5, 0.6) is 5.75 Å². The molecule has 132 valence electrons. The third kappa shape index (κ3) is 3.90. The first-order valence-corrected chi connectivity index (χ1v) is 8.83. The van der Waals surface area contributed by atoms with Gasteiger partial charge in [0.25, 0.3) is 0 Å². The molecule has 2 N–H and O–H groups in total. The molecule has 2 saturated carbocycles. The van der Waals surface area contributed by atoms with E-state index in [4.69, 9.17) is 4.74 Å². The van der Waals surface area contributed by atoms with Crippen molar-refractivity contribution in [2.75, 3.05) is 20.7 Å². The van der Waals surface area contributed by atoms with Gasteiger partial charge in [-0.3, -0.25) is 9.69 Å². The van der Waals surface area contributed by atoms with Crippen LogP contribution >= 0.6 is 0 Å². The van der Waals surface area contributed by atoms with Gasteiger partial charge in [-0.25, -0.2) is 0 Å². The summed E-state index contributed by atoms with van der Waals surface area (Å²) in [5.41, 5.74) is 0.986. The number of para-hydroxylation sites is 1. The van der Waals surface area contributed by atoms with Crippen molar-refractivity contribution in [1.82, 2.24) is 10.2 Å². The molecule has 1 aromatic rings. The average molecular weight is 332 g/mol. The summed E-state index contributed by atoms with van der Waals surface area (Å²) in [6.07, 6.45) is 4.00. The lowest BCUT2D eigenvalue weighted by Gasteiger charge is -2.24. The van der Waals surface area contributed by atoms with Crippen molar-refractivity contribution in [3.63, 3.8) is 0 Å². The van der Waals surface area contributed by atoms with Gasteiger partial charge >= 0.3 is 0 Å². The summed E-state index contributed by atoms with van der Waals surface area (Å²) in [7, 11) is 3.67. The van der Waals surface area contributed by atoms with E-state index < -0.39 is 0 Å². The molecule has 2 unspecified atom stereocenters. The van der Waals surface area contributed by atoms with Crippen molar-refractivity contribution in [3.8, 4) is 5.75 Å². The van der Waals surface area contributed by atoms with Crippen LogP contribution in [-0.2, 0) is 11.3 Å². The third-order valence-electron chi connectivity index (χ3n) is 5.65. The van der Waals surface area contributed by atoms with Gasteiger partial charge in [-0.05, 0) is 50.6 Å². The van der Waals surface area contributed by atoms with Gasteiger partial charge in [0.2, 0.25) is 5.91 Å². The molecule has 0 heterocycles. The van der Waals surface area contributed by atoms with Crippen LogP contribution in [0.3, 0.4) is 0 Å². The summed E-state index contributed by atoms with van der Waals surface area (Å²) in [5.74, 6) is 2.13. The maximum atomic E-state index is 12.2. The zero-order chi connectivity index (χ0) is 17.1. The number of ether oxygens (including phenoxy) is 1. The minimum atomic E-state index is -0.101. The second-order valence-electron chi connectivity index (χ2n) is 7.27. The van der Waals surface area contributed by atoms with Crippen LogP contribution in [-0.4, -0.2) is 48.8 Å². The van der Waals surface area contributed by atoms with Crippen molar-refractivity contribution >= 4 is 5.91 Å². The summed E-state index contributed by atoms with van der Waals surface area (Å²) in [6.45, 7) is 0.903. The first-order valence-electron chi connectivity index (χ1n) is 8.83. The molecule has 4 atom stereocenters. The molecule has 0 aromatic heterocycles. The second kappa shape index (κ2) is 7.53. The predicted octanol–water partition coefficient (Wildman–Crippen LogP) is 1.79. The first-order chi connectivity index (χ1) is 11.6. The van der Waals surface area contributed by atoms with E-state index in [1.54, 1.807) is 7.11 Å². The molecule has 5 heteroatoms. The Bertz CT molecular complexity index is 563. The standard InChI is InChI=1S/C19H28N2O3/c1-21(16-7-14-9-17(22)10-15(14)8-16)12-19(23)20-11-13-5-3-4-6-18(13)24-2/h3-6,14-17,22H,7-12H2,1-2H3,(H,20,23)/t14-,15+,16?,17?. The molecule has 24 heavy (non-hydrogen) atoms. The minimum absolute atomic E-state index is 0.0421. The van der Waals surface area contributed by atoms with Crippen molar-refractivity contribution in [2.45, 2.75) is 44.4 Å². The molecule has 0 saturated heterocycles. The number of likely N-dealkylation sites (N-methyl/N-ethyl adjacent to an activating group) is 1. The highest BCUT2D eigenvalue weighted by molar-refractivity contribution is 5.78. The van der Waals surface area contributed by atoms with Crippen molar-refractivity contribution in [1.29, 1.82) is 0 Å². The van der Waals surface area contributed by atoms with Crippen LogP contribution in [0.4, 0.5) is 0 Å². The predicted molar refractivity (Wildman–Crippen MR) is 92.7 cm³/mol. The maximum Gasteiger partial charge on any atom is 0.234 e. The number of benzene rings is 1. The van der Waals surface area contributed by atoms with Gasteiger partial charge in [-0.1, -0.05) is 18.2 Å². The van der Waals surface area contributed by atoms with Gasteiger partial charge in [0.05, 0.1) is 19.8 Å². The Morgan fingerprint density at radius 3 is 2.58 bits per heavy atom. The lowest BCUT2D eigenvalue weighted by atomic mass is 10.0. The molecule has 1 amide bonds. The zero-order valence-corrected chi connectivity index (χ0v) is 14.6. The summed E-state index contributed by atoms with van der Waals surface area (Å²) in [6, 6.07) is 8.20. The van der Waals surface area contributed by atoms with Crippen molar-refractivity contribution < 1.29 is 14.6 Å². The van der Waals surface area contributed by atoms with E-state index in [1.165, 1.54) is 0 Å². The molecular formula is C19H28N2O3. The molecular weight excluding hydrogens is 304 g/mol. The number of carbonyl (C=O) groups is 1. The van der Waals surface area contributed by atoms with Gasteiger partial charge in [0.15, 0.2) is 0 Å². The Hall–Kier alpha value is -1.59. The van der Waals surface area contributed by atoms with Crippen LogP contribution in [0, 0.1) is 11.8 Å². The van der Waals surface area contributed by atoms with E-state index in [-0.39, 0.29) is 12.0 Å². The van der Waals surface area contributed by atoms with Crippen LogP contribution in [0.2, 0.25) is 0 Å². The van der Waals surface area contributed by atoms with E-state index in [1.807, 2.05) is 31.3 Å². The highest BCUT2D eigenvalue weighted by Gasteiger charge is 2.42. The highest BCUT2D eigenvalue weighted by Crippen LogP contribution is 2.45. The number of nitrogens with one attached hydrogen (secondary N) is 1. The normalized spacial score (nSPS) is 28.8. The fourth-order valence-corrected chi connectivity index (χ4v) is 4.37. The van der Waals surface area contributed by atoms with E-state index in [2.05, 4.69) is 10.2 Å². The number of rotatable bonds is 6. The topological polar surface area (TPSA) is 61.8 Å². The molecule has 2 fully saturated rings. The average Bonchev–Trinajstić information content (AvgIpc) is 3.10. The van der Waals surface area contributed by atoms with Gasteiger partial charge in [0, 0.05) is 18.2 Å². The molecule has 0 bridgehead atoms. The summed E-state index contributed by atoms with van der Waals surface area (Å²) in [5, 5.41) is 12.7. The molecule has 2 aliphatic carbocycles. The summed E-state index contributed by atoms with van der Waals surface area (Å²) >= 11 is 0. The number of hydrogen-bond donors (Lipinski definition) is 2. The van der Waals surface area contributed by atoms with Crippen LogP contribution in [0.1, 0.15) is 31.2 Å². The summed E-state index contributed by atoms with van der Waals surface area (Å²) < 4.78 is 5.31. The van der Waals surface area contributed by atoms with E-state index in [0.717, 1.165) is 37.0 Å². The van der Waals surface area contributed by atoms with E-state index in [0.29, 0.717) is 31.0 Å². The number of methoxy groups -OCH3 is 1. The van der Waals surface area contributed by atoms with Crippen LogP contribution < -0.4 is 10.1 Å². The van der Waals surface area contributed by atoms with E-state index >= 15 is 0 Å². The molecule has 0 spiro atoms. The van der Waals surface area contributed by atoms with Gasteiger partial charge in [-0.2, -0.15) is 0 Å². The first kappa shape index (κ1) is 17.2. The van der Waals surface area contributed by atoms with Gasteiger partial charge in [-0.15, -0.1) is 0 Å². The minimum Gasteiger partial charge on any atom is -0.496 e. The Balaban J connectivity index is 1.45. The smallest absolute Gasteiger partial charge is 0.234 e. The Labute approximate surface area is 144 Å². The fourth-order valence-electron chi connectivity index (χ4n) is 4.37. The highest BCUT2D eigenvalue weighted by atomic mass is 16.5. The molecule has 1 aromatic carbocycles. The van der Waals surface area contributed by atoms with Crippen LogP contribution in [0.15, 0.2) is 24.3 Å². The van der Waals surface area contributed by atoms with Crippen LogP contribution in [0.25, 0.3) is 0 Å². The maximum absolute atomic E-state index is 12.2. The number of amides is 1. The SMILES string of the molecule is COc1ccccc1CNC(=O)CN(C)C1C[C@H]2CC(O)C[C@H]2C1. The van der Waals surface area contributed by atoms with Gasteiger partial charge < -0.3 is 15.2 Å². The fraction of sp³-hybridized carbons (Fsp3) is 0.632. The number of nitrogens with zero attached hydrogens (tertiary/aromatic N) is 1. The zero-order valence-electron chi connectivity index (χ0n) is 14.6. The van der Waals surface area contributed by atoms with Crippen molar-refractivity contribution in [3.05, 3.63) is 29.8 Å².